The summed E-state index contributed by atoms with van der Waals surface area (Å²) < 4.78 is 23.3. The van der Waals surface area contributed by atoms with Crippen LogP contribution < -0.4 is 0 Å². The smallest absolute Gasteiger partial charge is 0.177 e. The summed E-state index contributed by atoms with van der Waals surface area (Å²) in [4.78, 5) is 11.5. The lowest BCUT2D eigenvalue weighted by Crippen LogP contribution is -2.14. The van der Waals surface area contributed by atoms with Gasteiger partial charge in [0, 0.05) is 20.8 Å². The maximum absolute atomic E-state index is 11.5. The summed E-state index contributed by atoms with van der Waals surface area (Å²) in [6, 6.07) is 4.97. The fourth-order valence-corrected chi connectivity index (χ4v) is 2.97. The summed E-state index contributed by atoms with van der Waals surface area (Å²) in [6.45, 7) is 0. The summed E-state index contributed by atoms with van der Waals surface area (Å²) >= 11 is 6.46. The third-order valence-corrected chi connectivity index (χ3v) is 3.28. The van der Waals surface area contributed by atoms with Crippen molar-refractivity contribution >= 4 is 47.5 Å². The SMILES string of the molecule is CS(=O)(=O)CC(=O)c1cc(Br)cc(Br)c1. The second-order valence-electron chi connectivity index (χ2n) is 3.15. The van der Waals surface area contributed by atoms with Gasteiger partial charge >= 0.3 is 0 Å². The van der Waals surface area contributed by atoms with Crippen LogP contribution in [0.1, 0.15) is 10.4 Å². The fourth-order valence-electron chi connectivity index (χ4n) is 1.04. The van der Waals surface area contributed by atoms with Gasteiger partial charge in [-0.1, -0.05) is 31.9 Å². The zero-order valence-corrected chi connectivity index (χ0v) is 11.8. The Hall–Kier alpha value is -0.200. The molecule has 0 aliphatic rings. The molecule has 3 nitrogen and oxygen atoms in total. The van der Waals surface area contributed by atoms with E-state index in [4.69, 9.17) is 0 Å². The van der Waals surface area contributed by atoms with E-state index in [9.17, 15) is 13.2 Å². The highest BCUT2D eigenvalue weighted by atomic mass is 79.9. The van der Waals surface area contributed by atoms with Gasteiger partial charge in [0.2, 0.25) is 0 Å². The third kappa shape index (κ3) is 4.44. The van der Waals surface area contributed by atoms with Gasteiger partial charge in [0.05, 0.1) is 0 Å². The van der Waals surface area contributed by atoms with Gasteiger partial charge in [-0.05, 0) is 18.2 Å². The summed E-state index contributed by atoms with van der Waals surface area (Å²) in [5.74, 6) is -0.866. The summed E-state index contributed by atoms with van der Waals surface area (Å²) in [5.41, 5.74) is 0.377. The van der Waals surface area contributed by atoms with Gasteiger partial charge in [0.1, 0.15) is 5.75 Å². The van der Waals surface area contributed by atoms with Crippen LogP contribution in [0.15, 0.2) is 27.1 Å². The van der Waals surface area contributed by atoms with Gasteiger partial charge in [-0.15, -0.1) is 0 Å². The van der Waals surface area contributed by atoms with Crippen molar-refractivity contribution in [2.75, 3.05) is 12.0 Å². The largest absolute Gasteiger partial charge is 0.293 e. The lowest BCUT2D eigenvalue weighted by Gasteiger charge is -2.01. The summed E-state index contributed by atoms with van der Waals surface area (Å²) in [5, 5.41) is 0. The zero-order chi connectivity index (χ0) is 11.6. The van der Waals surface area contributed by atoms with Crippen molar-refractivity contribution in [1.82, 2.24) is 0 Å². The monoisotopic (exact) mass is 354 g/mol. The quantitative estimate of drug-likeness (QED) is 0.782. The van der Waals surface area contributed by atoms with Gasteiger partial charge in [-0.25, -0.2) is 8.42 Å². The van der Waals surface area contributed by atoms with Crippen molar-refractivity contribution in [1.29, 1.82) is 0 Å². The molecule has 0 amide bonds. The van der Waals surface area contributed by atoms with Crippen LogP contribution in [-0.2, 0) is 9.84 Å². The van der Waals surface area contributed by atoms with Crippen LogP contribution >= 0.6 is 31.9 Å². The Morgan fingerprint density at radius 3 is 2.07 bits per heavy atom. The molecule has 0 spiro atoms. The van der Waals surface area contributed by atoms with E-state index >= 15 is 0 Å². The lowest BCUT2D eigenvalue weighted by molar-refractivity contribution is 0.102. The highest BCUT2D eigenvalue weighted by Gasteiger charge is 2.13. The first-order valence-corrected chi connectivity index (χ1v) is 7.59. The van der Waals surface area contributed by atoms with E-state index in [0.29, 0.717) is 5.56 Å². The van der Waals surface area contributed by atoms with Crippen LogP contribution in [-0.4, -0.2) is 26.2 Å². The molecule has 0 aromatic heterocycles. The van der Waals surface area contributed by atoms with Gasteiger partial charge in [0.25, 0.3) is 0 Å². The topological polar surface area (TPSA) is 51.2 Å². The first-order chi connectivity index (χ1) is 6.78. The van der Waals surface area contributed by atoms with Gasteiger partial charge < -0.3 is 0 Å². The Balaban J connectivity index is 3.02. The second-order valence-corrected chi connectivity index (χ2v) is 7.12. The Kier molecular flexibility index (Phi) is 4.08. The molecule has 6 heteroatoms. The minimum Gasteiger partial charge on any atom is -0.293 e. The van der Waals surface area contributed by atoms with Crippen LogP contribution in [0.3, 0.4) is 0 Å². The van der Waals surface area contributed by atoms with Gasteiger partial charge in [0.15, 0.2) is 15.6 Å². The number of rotatable bonds is 3. The minimum atomic E-state index is -3.28. The molecule has 1 rings (SSSR count). The van der Waals surface area contributed by atoms with Crippen LogP contribution in [0.2, 0.25) is 0 Å². The van der Waals surface area contributed by atoms with Gasteiger partial charge in [-0.2, -0.15) is 0 Å². The number of halogens is 2. The number of benzene rings is 1. The first kappa shape index (κ1) is 12.9. The summed E-state index contributed by atoms with van der Waals surface area (Å²) in [6.07, 6.45) is 1.04. The highest BCUT2D eigenvalue weighted by molar-refractivity contribution is 9.11. The lowest BCUT2D eigenvalue weighted by atomic mass is 10.1. The normalized spacial score (nSPS) is 11.4. The Bertz CT molecular complexity index is 474. The van der Waals surface area contributed by atoms with Crippen molar-refractivity contribution < 1.29 is 13.2 Å². The Morgan fingerprint density at radius 1 is 1.20 bits per heavy atom. The predicted octanol–water partition coefficient (Wildman–Crippen LogP) is 2.44. The number of ketones is 1. The van der Waals surface area contributed by atoms with Crippen LogP contribution in [0.25, 0.3) is 0 Å². The van der Waals surface area contributed by atoms with Crippen LogP contribution in [0, 0.1) is 0 Å². The maximum atomic E-state index is 11.5. The molecule has 0 aliphatic carbocycles. The average Bonchev–Trinajstić information content (AvgIpc) is 1.98. The molecule has 0 fully saturated rings. The van der Waals surface area contributed by atoms with E-state index in [2.05, 4.69) is 31.9 Å². The predicted molar refractivity (Wildman–Crippen MR) is 65.9 cm³/mol. The fraction of sp³-hybridized carbons (Fsp3) is 0.222. The number of carbonyl (C=O) groups is 1. The van der Waals surface area contributed by atoms with Gasteiger partial charge in [-0.3, -0.25) is 4.79 Å². The molecule has 0 unspecified atom stereocenters. The molecule has 0 heterocycles. The number of sulfone groups is 1. The molecule has 15 heavy (non-hydrogen) atoms. The standard InChI is InChI=1S/C9H8Br2O3S/c1-15(13,14)5-9(12)6-2-7(10)4-8(11)3-6/h2-4H,5H2,1H3. The Labute approximate surface area is 105 Å². The van der Waals surface area contributed by atoms with E-state index in [1.54, 1.807) is 18.2 Å². The van der Waals surface area contributed by atoms with Crippen LogP contribution in [0.5, 0.6) is 0 Å². The zero-order valence-electron chi connectivity index (χ0n) is 7.83. The average molecular weight is 356 g/mol. The number of hydrogen-bond acceptors (Lipinski definition) is 3. The van der Waals surface area contributed by atoms with E-state index in [1.807, 2.05) is 0 Å². The van der Waals surface area contributed by atoms with Crippen molar-refractivity contribution in [3.63, 3.8) is 0 Å². The third-order valence-electron chi connectivity index (χ3n) is 1.58. The molecule has 0 radical (unpaired) electrons. The first-order valence-electron chi connectivity index (χ1n) is 3.95. The second kappa shape index (κ2) is 4.76. The van der Waals surface area contributed by atoms with E-state index in [-0.39, 0.29) is 0 Å². The van der Waals surface area contributed by atoms with E-state index in [0.717, 1.165) is 15.2 Å². The number of Topliss-reactive ketones (excluding diaryl/α,β-unsaturated/α-hetero) is 1. The van der Waals surface area contributed by atoms with Crippen LogP contribution in [0.4, 0.5) is 0 Å². The maximum Gasteiger partial charge on any atom is 0.177 e. The van der Waals surface area contributed by atoms with Crippen molar-refractivity contribution in [2.45, 2.75) is 0 Å². The highest BCUT2D eigenvalue weighted by Crippen LogP contribution is 2.20. The van der Waals surface area contributed by atoms with Crippen molar-refractivity contribution in [3.8, 4) is 0 Å². The molecule has 0 aliphatic heterocycles. The molecular formula is C9H8Br2O3S. The molecular weight excluding hydrogens is 348 g/mol. The Morgan fingerprint density at radius 2 is 1.67 bits per heavy atom. The van der Waals surface area contributed by atoms with E-state index < -0.39 is 21.4 Å². The molecule has 82 valence electrons. The molecule has 1 aromatic carbocycles. The molecule has 1 aromatic rings. The molecule has 0 bridgehead atoms. The number of hydrogen-bond donors (Lipinski definition) is 0. The molecule has 0 atom stereocenters. The minimum absolute atomic E-state index is 0.377. The molecule has 0 saturated heterocycles. The summed E-state index contributed by atoms with van der Waals surface area (Å²) in [7, 11) is -3.28. The van der Waals surface area contributed by atoms with E-state index in [1.165, 1.54) is 0 Å². The van der Waals surface area contributed by atoms with Crippen molar-refractivity contribution in [2.24, 2.45) is 0 Å². The molecule has 0 N–H and O–H groups in total. The molecule has 0 saturated carbocycles. The van der Waals surface area contributed by atoms with Crippen molar-refractivity contribution in [3.05, 3.63) is 32.7 Å². The number of carbonyl (C=O) groups excluding carboxylic acids is 1.